The molecule has 1 atom stereocenters. The molecule has 0 fully saturated rings. The molecule has 1 aromatic heterocycles. The molecular formula is C25H25N3O3. The van der Waals surface area contributed by atoms with Gasteiger partial charge in [0.25, 0.3) is 0 Å². The highest BCUT2D eigenvalue weighted by Crippen LogP contribution is 2.38. The molecule has 6 heteroatoms. The van der Waals surface area contributed by atoms with Crippen molar-refractivity contribution >= 4 is 28.6 Å². The number of rotatable bonds is 7. The molecule has 1 aliphatic heterocycles. The van der Waals surface area contributed by atoms with Crippen LogP contribution in [0, 0.1) is 11.3 Å². The van der Waals surface area contributed by atoms with Crippen molar-refractivity contribution in [3.05, 3.63) is 59.8 Å². The molecule has 0 saturated carbocycles. The predicted octanol–water partition coefficient (Wildman–Crippen LogP) is 4.93. The summed E-state index contributed by atoms with van der Waals surface area (Å²) in [5, 5.41) is 12.9. The molecule has 31 heavy (non-hydrogen) atoms. The number of aromatic nitrogens is 1. The molecule has 6 nitrogen and oxygen atoms in total. The molecule has 1 amide bonds. The van der Waals surface area contributed by atoms with Crippen molar-refractivity contribution in [2.45, 2.75) is 39.3 Å². The second-order valence-corrected chi connectivity index (χ2v) is 7.55. The molecule has 2 aromatic carbocycles. The minimum atomic E-state index is -0.249. The van der Waals surface area contributed by atoms with Crippen LogP contribution in [0.2, 0.25) is 0 Å². The van der Waals surface area contributed by atoms with Crippen LogP contribution >= 0.6 is 0 Å². The standard InChI is InChI=1S/C25H25N3O3/c1-3-30-24-14-19-13-17(2)31-23(19)15-21(24)27-25(29)10-9-18-16-28(12-6-11-26)22-8-5-4-7-20(18)22/h4-5,7-10,14-17H,3,6,12-13H2,1-2H3,(H,27,29). The normalized spacial score (nSPS) is 14.9. The fourth-order valence-electron chi connectivity index (χ4n) is 3.92. The third kappa shape index (κ3) is 4.41. The lowest BCUT2D eigenvalue weighted by atomic mass is 10.1. The summed E-state index contributed by atoms with van der Waals surface area (Å²) in [7, 11) is 0. The number of nitrogens with zero attached hydrogens (tertiary/aromatic N) is 2. The Morgan fingerprint density at radius 1 is 1.39 bits per heavy atom. The van der Waals surface area contributed by atoms with Crippen molar-refractivity contribution in [2.24, 2.45) is 0 Å². The molecular weight excluding hydrogens is 390 g/mol. The van der Waals surface area contributed by atoms with Crippen LogP contribution in [0.4, 0.5) is 5.69 Å². The summed E-state index contributed by atoms with van der Waals surface area (Å²) < 4.78 is 13.6. The first-order chi connectivity index (χ1) is 15.1. The number of amides is 1. The van der Waals surface area contributed by atoms with Gasteiger partial charge in [-0.1, -0.05) is 18.2 Å². The van der Waals surface area contributed by atoms with Crippen molar-refractivity contribution in [3.63, 3.8) is 0 Å². The van der Waals surface area contributed by atoms with E-state index in [4.69, 9.17) is 14.7 Å². The summed E-state index contributed by atoms with van der Waals surface area (Å²) in [6.45, 7) is 5.06. The van der Waals surface area contributed by atoms with Crippen LogP contribution in [-0.2, 0) is 17.8 Å². The van der Waals surface area contributed by atoms with Crippen LogP contribution in [-0.4, -0.2) is 23.2 Å². The molecule has 2 heterocycles. The van der Waals surface area contributed by atoms with Crippen LogP contribution < -0.4 is 14.8 Å². The highest BCUT2D eigenvalue weighted by atomic mass is 16.5. The Kier molecular flexibility index (Phi) is 5.94. The summed E-state index contributed by atoms with van der Waals surface area (Å²) >= 11 is 0. The molecule has 1 N–H and O–H groups in total. The number of para-hydroxylation sites is 1. The van der Waals surface area contributed by atoms with E-state index in [1.807, 2.05) is 61.0 Å². The summed E-state index contributed by atoms with van der Waals surface area (Å²) in [6, 6.07) is 13.9. The lowest BCUT2D eigenvalue weighted by Crippen LogP contribution is -2.10. The van der Waals surface area contributed by atoms with Gasteiger partial charge in [0.2, 0.25) is 5.91 Å². The summed E-state index contributed by atoms with van der Waals surface area (Å²) in [5.74, 6) is 1.19. The van der Waals surface area contributed by atoms with Gasteiger partial charge < -0.3 is 19.4 Å². The Morgan fingerprint density at radius 2 is 2.23 bits per heavy atom. The Bertz CT molecular complexity index is 1190. The van der Waals surface area contributed by atoms with E-state index in [1.165, 1.54) is 6.08 Å². The van der Waals surface area contributed by atoms with Gasteiger partial charge in [-0.2, -0.15) is 5.26 Å². The van der Waals surface area contributed by atoms with Gasteiger partial charge in [0.15, 0.2) is 0 Å². The third-order valence-electron chi connectivity index (χ3n) is 5.25. The van der Waals surface area contributed by atoms with Gasteiger partial charge in [-0.25, -0.2) is 0 Å². The number of fused-ring (bicyclic) bond motifs is 2. The van der Waals surface area contributed by atoms with E-state index in [1.54, 1.807) is 6.08 Å². The monoisotopic (exact) mass is 415 g/mol. The fourth-order valence-corrected chi connectivity index (χ4v) is 3.92. The summed E-state index contributed by atoms with van der Waals surface area (Å²) in [6.07, 6.45) is 6.67. The first-order valence-electron chi connectivity index (χ1n) is 10.5. The smallest absolute Gasteiger partial charge is 0.248 e. The number of nitriles is 1. The minimum absolute atomic E-state index is 0.119. The van der Waals surface area contributed by atoms with Crippen LogP contribution in [0.3, 0.4) is 0 Å². The molecule has 4 rings (SSSR count). The fraction of sp³-hybridized carbons (Fsp3) is 0.280. The number of aryl methyl sites for hydroxylation is 1. The van der Waals surface area contributed by atoms with Crippen molar-refractivity contribution in [1.82, 2.24) is 4.57 Å². The Hall–Kier alpha value is -3.72. The highest BCUT2D eigenvalue weighted by Gasteiger charge is 2.22. The van der Waals surface area contributed by atoms with E-state index < -0.39 is 0 Å². The first kappa shape index (κ1) is 20.5. The second kappa shape index (κ2) is 8.97. The molecule has 158 valence electrons. The predicted molar refractivity (Wildman–Crippen MR) is 121 cm³/mol. The largest absolute Gasteiger partial charge is 0.492 e. The number of hydrogen-bond acceptors (Lipinski definition) is 4. The van der Waals surface area contributed by atoms with Gasteiger partial charge in [-0.3, -0.25) is 4.79 Å². The van der Waals surface area contributed by atoms with Gasteiger partial charge >= 0.3 is 0 Å². The van der Waals surface area contributed by atoms with Gasteiger partial charge in [-0.05, 0) is 32.1 Å². The number of carbonyl (C=O) groups is 1. The molecule has 3 aromatic rings. The van der Waals surface area contributed by atoms with Crippen molar-refractivity contribution in [3.8, 4) is 17.6 Å². The maximum absolute atomic E-state index is 12.7. The molecule has 0 radical (unpaired) electrons. The van der Waals surface area contributed by atoms with E-state index in [0.717, 1.165) is 34.2 Å². The van der Waals surface area contributed by atoms with Gasteiger partial charge in [0.1, 0.15) is 17.6 Å². The molecule has 1 aliphatic rings. The molecule has 0 saturated heterocycles. The highest BCUT2D eigenvalue weighted by molar-refractivity contribution is 6.04. The van der Waals surface area contributed by atoms with E-state index in [2.05, 4.69) is 11.4 Å². The Balaban J connectivity index is 1.56. The SMILES string of the molecule is CCOc1cc2c(cc1NC(=O)C=Cc1cn(CCC#N)c3ccccc13)OC(C)C2. The van der Waals surface area contributed by atoms with E-state index >= 15 is 0 Å². The van der Waals surface area contributed by atoms with Crippen molar-refractivity contribution in [1.29, 1.82) is 5.26 Å². The van der Waals surface area contributed by atoms with E-state index in [-0.39, 0.29) is 12.0 Å². The third-order valence-corrected chi connectivity index (χ3v) is 5.25. The summed E-state index contributed by atoms with van der Waals surface area (Å²) in [4.78, 5) is 12.7. The first-order valence-corrected chi connectivity index (χ1v) is 10.5. The zero-order chi connectivity index (χ0) is 21.8. The minimum Gasteiger partial charge on any atom is -0.492 e. The quantitative estimate of drug-likeness (QED) is 0.555. The lowest BCUT2D eigenvalue weighted by Gasteiger charge is -2.12. The van der Waals surface area contributed by atoms with E-state index in [9.17, 15) is 4.79 Å². The zero-order valence-electron chi connectivity index (χ0n) is 17.7. The zero-order valence-corrected chi connectivity index (χ0v) is 17.7. The molecule has 1 unspecified atom stereocenters. The number of nitrogens with one attached hydrogen (secondary N) is 1. The van der Waals surface area contributed by atoms with Crippen LogP contribution in [0.1, 0.15) is 31.4 Å². The van der Waals surface area contributed by atoms with Crippen LogP contribution in [0.15, 0.2) is 48.7 Å². The topological polar surface area (TPSA) is 76.3 Å². The maximum Gasteiger partial charge on any atom is 0.248 e. The average Bonchev–Trinajstić information content (AvgIpc) is 3.30. The van der Waals surface area contributed by atoms with Crippen molar-refractivity contribution < 1.29 is 14.3 Å². The van der Waals surface area contributed by atoms with E-state index in [0.29, 0.717) is 31.0 Å². The van der Waals surface area contributed by atoms with Gasteiger partial charge in [-0.15, -0.1) is 0 Å². The molecule has 0 spiro atoms. The maximum atomic E-state index is 12.7. The Morgan fingerprint density at radius 3 is 3.03 bits per heavy atom. The lowest BCUT2D eigenvalue weighted by molar-refractivity contribution is -0.111. The number of carbonyl (C=O) groups excluding carboxylic acids is 1. The summed E-state index contributed by atoms with van der Waals surface area (Å²) in [5.41, 5.74) is 3.66. The van der Waals surface area contributed by atoms with Crippen LogP contribution in [0.25, 0.3) is 17.0 Å². The number of benzene rings is 2. The van der Waals surface area contributed by atoms with Gasteiger partial charge in [0, 0.05) is 53.3 Å². The van der Waals surface area contributed by atoms with Crippen LogP contribution in [0.5, 0.6) is 11.5 Å². The number of anilines is 1. The number of hydrogen-bond donors (Lipinski definition) is 1. The number of ether oxygens (including phenoxy) is 2. The Labute approximate surface area is 181 Å². The molecule has 0 aliphatic carbocycles. The van der Waals surface area contributed by atoms with Crippen molar-refractivity contribution in [2.75, 3.05) is 11.9 Å². The second-order valence-electron chi connectivity index (χ2n) is 7.55. The van der Waals surface area contributed by atoms with Gasteiger partial charge in [0.05, 0.1) is 24.8 Å². The average molecular weight is 415 g/mol. The molecule has 0 bridgehead atoms.